The van der Waals surface area contributed by atoms with Crippen molar-refractivity contribution in [2.75, 3.05) is 26.0 Å². The van der Waals surface area contributed by atoms with Crippen molar-refractivity contribution in [2.24, 2.45) is 5.92 Å². The lowest BCUT2D eigenvalue weighted by Crippen LogP contribution is -2.16. The van der Waals surface area contributed by atoms with E-state index in [9.17, 15) is 8.42 Å². The highest BCUT2D eigenvalue weighted by Crippen LogP contribution is 2.21. The minimum atomic E-state index is -3.28. The Labute approximate surface area is 101 Å². The molecule has 94 valence electrons. The van der Waals surface area contributed by atoms with E-state index < -0.39 is 9.84 Å². The molecule has 1 atom stereocenters. The zero-order valence-electron chi connectivity index (χ0n) is 9.72. The van der Waals surface area contributed by atoms with Crippen LogP contribution in [-0.4, -0.2) is 39.4 Å². The molecule has 1 aliphatic rings. The largest absolute Gasteiger partial charge is 0.476 e. The van der Waals surface area contributed by atoms with Crippen LogP contribution in [0.15, 0.2) is 23.2 Å². The third-order valence-corrected chi connectivity index (χ3v) is 3.86. The Morgan fingerprint density at radius 2 is 2.41 bits per heavy atom. The van der Waals surface area contributed by atoms with Crippen LogP contribution in [0.5, 0.6) is 5.88 Å². The zero-order valence-corrected chi connectivity index (χ0v) is 10.5. The zero-order chi connectivity index (χ0) is 12.3. The highest BCUT2D eigenvalue weighted by molar-refractivity contribution is 7.90. The van der Waals surface area contributed by atoms with E-state index in [2.05, 4.69) is 10.3 Å². The molecule has 0 amide bonds. The first-order chi connectivity index (χ1) is 8.07. The molecule has 1 saturated heterocycles. The van der Waals surface area contributed by atoms with E-state index >= 15 is 0 Å². The summed E-state index contributed by atoms with van der Waals surface area (Å²) in [4.78, 5) is 4.14. The van der Waals surface area contributed by atoms with Crippen LogP contribution in [-0.2, 0) is 9.84 Å². The Bertz CT molecular complexity index is 481. The van der Waals surface area contributed by atoms with E-state index in [1.807, 2.05) is 0 Å². The van der Waals surface area contributed by atoms with Gasteiger partial charge in [-0.1, -0.05) is 0 Å². The Morgan fingerprint density at radius 1 is 1.59 bits per heavy atom. The molecule has 1 unspecified atom stereocenters. The van der Waals surface area contributed by atoms with Crippen LogP contribution in [0.3, 0.4) is 0 Å². The molecule has 2 heterocycles. The van der Waals surface area contributed by atoms with Gasteiger partial charge in [0.2, 0.25) is 5.88 Å². The van der Waals surface area contributed by atoms with Gasteiger partial charge in [0.25, 0.3) is 0 Å². The third-order valence-electron chi connectivity index (χ3n) is 2.75. The fourth-order valence-corrected chi connectivity index (χ4v) is 2.57. The molecule has 0 aromatic carbocycles. The van der Waals surface area contributed by atoms with Gasteiger partial charge in [0.1, 0.15) is 4.90 Å². The number of ether oxygens (including phenoxy) is 1. The maximum Gasteiger partial charge on any atom is 0.232 e. The summed E-state index contributed by atoms with van der Waals surface area (Å²) in [5.41, 5.74) is 0. The fourth-order valence-electron chi connectivity index (χ4n) is 1.82. The Balaban J connectivity index is 2.09. The quantitative estimate of drug-likeness (QED) is 0.848. The van der Waals surface area contributed by atoms with Gasteiger partial charge in [-0.05, 0) is 25.1 Å². The van der Waals surface area contributed by atoms with Gasteiger partial charge in [-0.2, -0.15) is 0 Å². The Hall–Kier alpha value is -1.14. The smallest absolute Gasteiger partial charge is 0.232 e. The molecule has 1 aromatic heterocycles. The minimum absolute atomic E-state index is 0.158. The molecule has 6 heteroatoms. The summed E-state index contributed by atoms with van der Waals surface area (Å²) in [7, 11) is -3.28. The molecule has 1 fully saturated rings. The number of hydrogen-bond donors (Lipinski definition) is 1. The molecule has 1 aliphatic heterocycles. The van der Waals surface area contributed by atoms with Crippen LogP contribution in [0.1, 0.15) is 6.42 Å². The van der Waals surface area contributed by atoms with Gasteiger partial charge >= 0.3 is 0 Å². The predicted molar refractivity (Wildman–Crippen MR) is 63.8 cm³/mol. The standard InChI is InChI=1S/C11H16N2O3S/c1-17(14,15)10-3-2-5-13-11(10)16-8-9-4-6-12-7-9/h2-3,5,9,12H,4,6-8H2,1H3. The maximum absolute atomic E-state index is 11.5. The third kappa shape index (κ3) is 3.17. The molecular weight excluding hydrogens is 240 g/mol. The van der Waals surface area contributed by atoms with Crippen LogP contribution < -0.4 is 10.1 Å². The first-order valence-electron chi connectivity index (χ1n) is 5.56. The van der Waals surface area contributed by atoms with Crippen LogP contribution >= 0.6 is 0 Å². The molecule has 1 N–H and O–H groups in total. The molecule has 0 aliphatic carbocycles. The maximum atomic E-state index is 11.5. The Morgan fingerprint density at radius 3 is 3.06 bits per heavy atom. The molecule has 0 saturated carbocycles. The second-order valence-electron chi connectivity index (χ2n) is 4.25. The van der Waals surface area contributed by atoms with E-state index in [1.165, 1.54) is 12.3 Å². The lowest BCUT2D eigenvalue weighted by molar-refractivity contribution is 0.244. The molecular formula is C11H16N2O3S. The molecule has 0 bridgehead atoms. The van der Waals surface area contributed by atoms with Crippen molar-refractivity contribution in [1.82, 2.24) is 10.3 Å². The second kappa shape index (κ2) is 5.01. The molecule has 0 radical (unpaired) electrons. The normalized spacial score (nSPS) is 20.4. The first-order valence-corrected chi connectivity index (χ1v) is 7.45. The fraction of sp³-hybridized carbons (Fsp3) is 0.545. The Kier molecular flexibility index (Phi) is 3.63. The van der Waals surface area contributed by atoms with E-state index in [4.69, 9.17) is 4.74 Å². The molecule has 0 spiro atoms. The topological polar surface area (TPSA) is 68.3 Å². The SMILES string of the molecule is CS(=O)(=O)c1cccnc1OCC1CCNC1. The minimum Gasteiger partial charge on any atom is -0.476 e. The number of rotatable bonds is 4. The van der Waals surface area contributed by atoms with E-state index in [1.54, 1.807) is 6.07 Å². The number of sulfone groups is 1. The van der Waals surface area contributed by atoms with Gasteiger partial charge in [0.05, 0.1) is 6.61 Å². The molecule has 5 nitrogen and oxygen atoms in total. The average molecular weight is 256 g/mol. The summed E-state index contributed by atoms with van der Waals surface area (Å²) < 4.78 is 28.6. The van der Waals surface area contributed by atoms with Gasteiger partial charge in [0, 0.05) is 24.9 Å². The highest BCUT2D eigenvalue weighted by atomic mass is 32.2. The predicted octanol–water partition coefficient (Wildman–Crippen LogP) is 0.473. The summed E-state index contributed by atoms with van der Waals surface area (Å²) in [5.74, 6) is 0.645. The van der Waals surface area contributed by atoms with Crippen molar-refractivity contribution in [3.63, 3.8) is 0 Å². The van der Waals surface area contributed by atoms with Crippen molar-refractivity contribution in [3.8, 4) is 5.88 Å². The van der Waals surface area contributed by atoms with E-state index in [0.29, 0.717) is 12.5 Å². The average Bonchev–Trinajstić information content (AvgIpc) is 2.78. The van der Waals surface area contributed by atoms with Crippen molar-refractivity contribution in [3.05, 3.63) is 18.3 Å². The van der Waals surface area contributed by atoms with Crippen molar-refractivity contribution >= 4 is 9.84 Å². The molecule has 17 heavy (non-hydrogen) atoms. The van der Waals surface area contributed by atoms with Crippen LogP contribution in [0.4, 0.5) is 0 Å². The summed E-state index contributed by atoms with van der Waals surface area (Å²) >= 11 is 0. The van der Waals surface area contributed by atoms with Gasteiger partial charge in [-0.15, -0.1) is 0 Å². The van der Waals surface area contributed by atoms with Gasteiger partial charge < -0.3 is 10.1 Å². The van der Waals surface area contributed by atoms with E-state index in [0.717, 1.165) is 25.8 Å². The van der Waals surface area contributed by atoms with Crippen LogP contribution in [0, 0.1) is 5.92 Å². The summed E-state index contributed by atoms with van der Waals surface area (Å²) in [6, 6.07) is 3.12. The first kappa shape index (κ1) is 12.3. The summed E-state index contributed by atoms with van der Waals surface area (Å²) in [6.45, 7) is 2.42. The van der Waals surface area contributed by atoms with Crippen molar-refractivity contribution < 1.29 is 13.2 Å². The number of nitrogens with one attached hydrogen (secondary N) is 1. The van der Waals surface area contributed by atoms with Gasteiger partial charge in [-0.3, -0.25) is 0 Å². The summed E-state index contributed by atoms with van der Waals surface area (Å²) in [6.07, 6.45) is 3.76. The lowest BCUT2D eigenvalue weighted by Gasteiger charge is -2.12. The van der Waals surface area contributed by atoms with E-state index in [-0.39, 0.29) is 10.8 Å². The number of aromatic nitrogens is 1. The number of hydrogen-bond acceptors (Lipinski definition) is 5. The monoisotopic (exact) mass is 256 g/mol. The van der Waals surface area contributed by atoms with Crippen molar-refractivity contribution in [2.45, 2.75) is 11.3 Å². The molecule has 2 rings (SSSR count). The summed E-state index contributed by atoms with van der Waals surface area (Å²) in [5, 5.41) is 3.23. The number of pyridine rings is 1. The van der Waals surface area contributed by atoms with Crippen LogP contribution in [0.25, 0.3) is 0 Å². The lowest BCUT2D eigenvalue weighted by atomic mass is 10.1. The molecule has 1 aromatic rings. The number of nitrogens with zero attached hydrogens (tertiary/aromatic N) is 1. The van der Waals surface area contributed by atoms with Crippen molar-refractivity contribution in [1.29, 1.82) is 0 Å². The second-order valence-corrected chi connectivity index (χ2v) is 6.23. The van der Waals surface area contributed by atoms with Crippen LogP contribution in [0.2, 0.25) is 0 Å². The highest BCUT2D eigenvalue weighted by Gasteiger charge is 2.19. The van der Waals surface area contributed by atoms with Gasteiger partial charge in [-0.25, -0.2) is 13.4 Å². The van der Waals surface area contributed by atoms with Gasteiger partial charge in [0.15, 0.2) is 9.84 Å².